The number of aliphatic hydroxyl groups is 2. The van der Waals surface area contributed by atoms with Crippen LogP contribution in [-0.2, 0) is 4.57 Å². The van der Waals surface area contributed by atoms with Gasteiger partial charge in [0.05, 0.1) is 6.10 Å². The van der Waals surface area contributed by atoms with Crippen LogP contribution in [0.4, 0.5) is 0 Å². The number of fused-ring (bicyclic) bond motifs is 5. The van der Waals surface area contributed by atoms with Crippen molar-refractivity contribution >= 4 is 7.92 Å². The molecule has 4 aliphatic rings. The summed E-state index contributed by atoms with van der Waals surface area (Å²) in [5.74, 6) is 8.07. The van der Waals surface area contributed by atoms with Crippen LogP contribution < -0.4 is 0 Å². The van der Waals surface area contributed by atoms with Crippen LogP contribution in [0.2, 0.25) is 0 Å². The number of allylic oxidation sites excluding steroid dienone is 1. The molecule has 0 heterocycles. The Morgan fingerprint density at radius 3 is 2.46 bits per heavy atom. The number of rotatable bonds is 7. The molecule has 0 spiro atoms. The van der Waals surface area contributed by atoms with Gasteiger partial charge in [-0.25, -0.2) is 0 Å². The van der Waals surface area contributed by atoms with Crippen molar-refractivity contribution in [2.24, 2.45) is 46.3 Å². The van der Waals surface area contributed by atoms with Crippen LogP contribution >= 0.6 is 7.92 Å². The molecule has 4 nitrogen and oxygen atoms in total. The molecule has 0 amide bonds. The number of nitrogens with zero attached hydrogens (tertiary/aromatic N) is 1. The monoisotopic (exact) mass is 534 g/mol. The molecule has 4 aliphatic carbocycles. The minimum absolute atomic E-state index is 0.0766. The number of likely N-dealkylation sites (N-methyl/N-ethyl adjacent to an activating group) is 1. The van der Waals surface area contributed by atoms with Crippen LogP contribution in [0.15, 0.2) is 11.6 Å². The van der Waals surface area contributed by atoms with Gasteiger partial charge in [0.25, 0.3) is 0 Å². The van der Waals surface area contributed by atoms with Gasteiger partial charge in [-0.3, -0.25) is 0 Å². The van der Waals surface area contributed by atoms with Gasteiger partial charge in [0.15, 0.2) is 0 Å². The molecule has 4 rings (SSSR count). The van der Waals surface area contributed by atoms with Crippen molar-refractivity contribution < 1.29 is 19.3 Å². The molecule has 0 radical (unpaired) electrons. The van der Waals surface area contributed by atoms with E-state index in [-0.39, 0.29) is 20.6 Å². The average molecular weight is 535 g/mol. The molecule has 8 atom stereocenters. The van der Waals surface area contributed by atoms with E-state index in [2.05, 4.69) is 46.4 Å². The molecule has 2 N–H and O–H groups in total. The van der Waals surface area contributed by atoms with Gasteiger partial charge in [0, 0.05) is 0 Å². The van der Waals surface area contributed by atoms with Gasteiger partial charge in [0.1, 0.15) is 0 Å². The second-order valence-electron chi connectivity index (χ2n) is 14.5. The molecule has 212 valence electrons. The first-order valence-corrected chi connectivity index (χ1v) is 16.1. The van der Waals surface area contributed by atoms with Crippen molar-refractivity contribution in [2.45, 2.75) is 111 Å². The molecule has 37 heavy (non-hydrogen) atoms. The zero-order valence-corrected chi connectivity index (χ0v) is 25.9. The second-order valence-corrected chi connectivity index (χ2v) is 14.9. The van der Waals surface area contributed by atoms with Crippen molar-refractivity contribution in [2.75, 3.05) is 27.2 Å². The van der Waals surface area contributed by atoms with Crippen molar-refractivity contribution in [3.63, 3.8) is 0 Å². The maximum absolute atomic E-state index is 10.2. The SMILES string of the molecule is CC(C)CCC[C@@H](C)[C@H]1CC[C@H]2[C@@H]3CC=C4C[C@@H](O)CC[C@]4(C)[C@H]3CC[C@]12C.C[N+](C)(C#P=O)CCO. The number of hydrogen-bond acceptors (Lipinski definition) is 3. The Balaban J connectivity index is 0.000000364. The predicted octanol–water partition coefficient (Wildman–Crippen LogP) is 7.65. The summed E-state index contributed by atoms with van der Waals surface area (Å²) in [5.41, 5.74) is 2.60. The zero-order valence-electron chi connectivity index (χ0n) is 25.0. The van der Waals surface area contributed by atoms with Gasteiger partial charge in [0.2, 0.25) is 0 Å². The quantitative estimate of drug-likeness (QED) is 0.200. The average Bonchev–Trinajstić information content (AvgIpc) is 3.17. The van der Waals surface area contributed by atoms with E-state index >= 15 is 0 Å². The number of aliphatic hydroxyl groups excluding tert-OH is 2. The Morgan fingerprint density at radius 2 is 1.81 bits per heavy atom. The fourth-order valence-corrected chi connectivity index (χ4v) is 9.40. The molecule has 0 bridgehead atoms. The third-order valence-electron chi connectivity index (χ3n) is 11.2. The molecule has 0 aliphatic heterocycles. The van der Waals surface area contributed by atoms with Crippen LogP contribution in [0.3, 0.4) is 0 Å². The van der Waals surface area contributed by atoms with E-state index in [9.17, 15) is 9.67 Å². The number of hydrogen-bond donors (Lipinski definition) is 2. The van der Waals surface area contributed by atoms with E-state index in [4.69, 9.17) is 5.11 Å². The molecule has 0 unspecified atom stereocenters. The molecule has 0 aromatic carbocycles. The summed E-state index contributed by atoms with van der Waals surface area (Å²) in [6.45, 7) is 13.2. The summed E-state index contributed by atoms with van der Waals surface area (Å²) in [6, 6.07) is 0. The summed E-state index contributed by atoms with van der Waals surface area (Å²) < 4.78 is 10.3. The first-order chi connectivity index (χ1) is 17.4. The van der Waals surface area contributed by atoms with Crippen LogP contribution in [0.25, 0.3) is 0 Å². The van der Waals surface area contributed by atoms with Gasteiger partial charge in [-0.2, -0.15) is 0 Å². The summed E-state index contributed by atoms with van der Waals surface area (Å²) >= 11 is 0. The van der Waals surface area contributed by atoms with E-state index < -0.39 is 0 Å². The molecule has 0 saturated heterocycles. The Morgan fingerprint density at radius 1 is 1.08 bits per heavy atom. The van der Waals surface area contributed by atoms with Crippen LogP contribution in [-0.4, -0.2) is 48.0 Å². The summed E-state index contributed by atoms with van der Waals surface area (Å²) in [4.78, 5) is 0. The first-order valence-electron chi connectivity index (χ1n) is 15.3. The van der Waals surface area contributed by atoms with Crippen LogP contribution in [0.1, 0.15) is 105 Å². The summed E-state index contributed by atoms with van der Waals surface area (Å²) in [7, 11) is 3.54. The molecule has 0 aromatic rings. The predicted molar refractivity (Wildman–Crippen MR) is 155 cm³/mol. The van der Waals surface area contributed by atoms with Gasteiger partial charge >= 0.3 is 55.1 Å². The number of quaternary nitrogens is 1. The van der Waals surface area contributed by atoms with Crippen molar-refractivity contribution in [1.82, 2.24) is 0 Å². The van der Waals surface area contributed by atoms with Gasteiger partial charge in [-0.05, 0) is 97.7 Å². The van der Waals surface area contributed by atoms with E-state index in [0.29, 0.717) is 21.9 Å². The minimum atomic E-state index is -0.105. The second kappa shape index (κ2) is 12.9. The normalized spacial score (nSPS) is 37.8. The maximum atomic E-state index is 10.2. The first kappa shape index (κ1) is 31.2. The Hall–Kier alpha value is -0.370. The summed E-state index contributed by atoms with van der Waals surface area (Å²) in [6.07, 6.45) is 17.2. The van der Waals surface area contributed by atoms with Crippen LogP contribution in [0, 0.1) is 52.1 Å². The Labute approximate surface area is 229 Å². The Bertz CT molecular complexity index is 895. The molecule has 3 saturated carbocycles. The molecular formula is C32H57NO3P+. The van der Waals surface area contributed by atoms with Crippen molar-refractivity contribution in [3.8, 4) is 5.75 Å². The fraction of sp³-hybridized carbons (Fsp3) is 0.906. The van der Waals surface area contributed by atoms with Crippen LogP contribution in [0.5, 0.6) is 0 Å². The van der Waals surface area contributed by atoms with E-state index in [1.54, 1.807) is 5.57 Å². The fourth-order valence-electron chi connectivity index (χ4n) is 9.08. The van der Waals surface area contributed by atoms with E-state index in [0.717, 1.165) is 48.3 Å². The van der Waals surface area contributed by atoms with Gasteiger partial charge < -0.3 is 5.11 Å². The molecular weight excluding hydrogens is 477 g/mol. The summed E-state index contributed by atoms with van der Waals surface area (Å²) in [5, 5.41) is 18.7. The van der Waals surface area contributed by atoms with Crippen molar-refractivity contribution in [1.29, 1.82) is 0 Å². The van der Waals surface area contributed by atoms with Gasteiger partial charge in [-0.15, -0.1) is 0 Å². The standard InChI is InChI=1S/C27H46O.C5H11NO2P/c1-18(2)7-6-8-19(3)23-11-12-24-22-10-9-20-17-21(28)13-15-26(20,4)25(22)14-16-27(23,24)5;1-6(2,3-4-7)5-9-8/h9,18-19,21-25,28H,6-8,10-17H2,1-5H3;7H,3-4H2,1-2H3/q;+1/t19-,21+,22+,23-,24+,25+,26+,27-;/m1./s1. The Kier molecular flexibility index (Phi) is 10.8. The molecule has 5 heteroatoms. The third kappa shape index (κ3) is 7.05. The van der Waals surface area contributed by atoms with E-state index in [1.807, 2.05) is 14.1 Å². The molecule has 3 fully saturated rings. The van der Waals surface area contributed by atoms with Crippen molar-refractivity contribution in [3.05, 3.63) is 11.6 Å². The zero-order chi connectivity index (χ0) is 27.4. The topological polar surface area (TPSA) is 57.5 Å². The van der Waals surface area contributed by atoms with E-state index in [1.165, 1.54) is 57.8 Å². The molecule has 0 aromatic heterocycles. The van der Waals surface area contributed by atoms with Gasteiger partial charge in [-0.1, -0.05) is 65.5 Å². The third-order valence-corrected chi connectivity index (χ3v) is 11.9.